The Hall–Kier alpha value is -2.96. The van der Waals surface area contributed by atoms with Crippen molar-refractivity contribution in [3.63, 3.8) is 0 Å². The second-order valence-corrected chi connectivity index (χ2v) is 9.31. The van der Waals surface area contributed by atoms with Crippen LogP contribution in [-0.2, 0) is 14.4 Å². The molecule has 168 valence electrons. The second kappa shape index (κ2) is 8.88. The molecule has 1 saturated heterocycles. The van der Waals surface area contributed by atoms with E-state index >= 15 is 0 Å². The Labute approximate surface area is 188 Å². The largest absolute Gasteiger partial charge is 0.311 e. The fraction of sp³-hybridized carbons (Fsp3) is 0.520. The van der Waals surface area contributed by atoms with E-state index in [2.05, 4.69) is 5.32 Å². The average molecular weight is 435 g/mol. The van der Waals surface area contributed by atoms with Crippen molar-refractivity contribution in [1.82, 2.24) is 14.7 Å². The number of nitrogens with zero attached hydrogens (tertiary/aromatic N) is 3. The van der Waals surface area contributed by atoms with Gasteiger partial charge in [-0.3, -0.25) is 19.3 Å². The Kier molecular flexibility index (Phi) is 5.81. The molecule has 0 spiro atoms. The first-order valence-electron chi connectivity index (χ1n) is 11.9. The minimum Gasteiger partial charge on any atom is -0.311 e. The molecule has 1 aromatic heterocycles. The van der Waals surface area contributed by atoms with Crippen molar-refractivity contribution in [1.29, 1.82) is 0 Å². The van der Waals surface area contributed by atoms with Crippen molar-refractivity contribution in [3.05, 3.63) is 42.1 Å². The smallest absolute Gasteiger partial charge is 0.233 e. The molecule has 0 radical (unpaired) electrons. The van der Waals surface area contributed by atoms with Crippen LogP contribution in [0.3, 0.4) is 0 Å². The number of amides is 3. The van der Waals surface area contributed by atoms with Crippen LogP contribution in [0.2, 0.25) is 0 Å². The van der Waals surface area contributed by atoms with Gasteiger partial charge in [-0.15, -0.1) is 0 Å². The van der Waals surface area contributed by atoms with E-state index in [0.717, 1.165) is 49.9 Å². The number of aromatic nitrogens is 2. The highest BCUT2D eigenvalue weighted by molar-refractivity contribution is 6.05. The summed E-state index contributed by atoms with van der Waals surface area (Å²) in [7, 11) is 0. The first-order chi connectivity index (χ1) is 15.6. The molecule has 2 saturated carbocycles. The predicted octanol–water partition coefficient (Wildman–Crippen LogP) is 4.03. The van der Waals surface area contributed by atoms with E-state index in [1.54, 1.807) is 4.68 Å². The van der Waals surface area contributed by atoms with Crippen LogP contribution in [0.1, 0.15) is 69.4 Å². The minimum absolute atomic E-state index is 0.0923. The van der Waals surface area contributed by atoms with Gasteiger partial charge in [-0.1, -0.05) is 43.9 Å². The van der Waals surface area contributed by atoms with Gasteiger partial charge in [-0.25, -0.2) is 4.68 Å². The molecule has 2 heterocycles. The van der Waals surface area contributed by atoms with Crippen LogP contribution in [0, 0.1) is 11.8 Å². The average Bonchev–Trinajstić information content (AvgIpc) is 3.54. The fourth-order valence-corrected chi connectivity index (χ4v) is 5.55. The molecule has 1 aliphatic heterocycles. The molecular weight excluding hydrogens is 404 g/mol. The standard InChI is InChI=1S/C25H30N4O3/c30-23(14-15-28-24(31)19-12-6-7-13-20(19)25(28)32)26-22-16-21(17-8-4-5-9-17)27-29(22)18-10-2-1-3-11-18/h1-3,10-11,16-17,19-20H,4-9,12-15H2,(H,26,30). The summed E-state index contributed by atoms with van der Waals surface area (Å²) in [6.45, 7) is 0.144. The molecule has 2 aliphatic carbocycles. The maximum atomic E-state index is 12.8. The van der Waals surface area contributed by atoms with Crippen LogP contribution in [0.25, 0.3) is 5.69 Å². The normalized spacial score (nSPS) is 23.6. The molecule has 32 heavy (non-hydrogen) atoms. The summed E-state index contributed by atoms with van der Waals surface area (Å²) in [6.07, 6.45) is 8.35. The lowest BCUT2D eigenvalue weighted by Crippen LogP contribution is -2.34. The number of rotatable bonds is 6. The van der Waals surface area contributed by atoms with Gasteiger partial charge >= 0.3 is 0 Å². The predicted molar refractivity (Wildman–Crippen MR) is 120 cm³/mol. The van der Waals surface area contributed by atoms with Crippen LogP contribution in [0.5, 0.6) is 0 Å². The zero-order valence-corrected chi connectivity index (χ0v) is 18.3. The number of nitrogens with one attached hydrogen (secondary N) is 1. The van der Waals surface area contributed by atoms with E-state index in [-0.39, 0.29) is 42.5 Å². The molecule has 7 heteroatoms. The Balaban J connectivity index is 1.28. The number of para-hydroxylation sites is 1. The molecule has 3 aliphatic rings. The summed E-state index contributed by atoms with van der Waals surface area (Å²) < 4.78 is 1.78. The Morgan fingerprint density at radius 3 is 2.22 bits per heavy atom. The molecule has 1 N–H and O–H groups in total. The van der Waals surface area contributed by atoms with Gasteiger partial charge < -0.3 is 5.32 Å². The van der Waals surface area contributed by atoms with E-state index in [4.69, 9.17) is 5.10 Å². The Bertz CT molecular complexity index is 985. The van der Waals surface area contributed by atoms with Gasteiger partial charge in [0.2, 0.25) is 17.7 Å². The van der Waals surface area contributed by atoms with E-state index in [0.29, 0.717) is 11.7 Å². The number of anilines is 1. The van der Waals surface area contributed by atoms with Gasteiger partial charge in [-0.2, -0.15) is 5.10 Å². The lowest BCUT2D eigenvalue weighted by molar-refractivity contribution is -0.140. The van der Waals surface area contributed by atoms with Gasteiger partial charge in [0.25, 0.3) is 0 Å². The first-order valence-corrected chi connectivity index (χ1v) is 11.9. The molecule has 2 atom stereocenters. The molecule has 3 fully saturated rings. The Morgan fingerprint density at radius 2 is 1.56 bits per heavy atom. The number of benzene rings is 1. The summed E-state index contributed by atoms with van der Waals surface area (Å²) in [5.74, 6) is 0.321. The zero-order chi connectivity index (χ0) is 22.1. The Morgan fingerprint density at radius 1 is 0.938 bits per heavy atom. The van der Waals surface area contributed by atoms with E-state index in [9.17, 15) is 14.4 Å². The van der Waals surface area contributed by atoms with Crippen molar-refractivity contribution in [3.8, 4) is 5.69 Å². The van der Waals surface area contributed by atoms with Crippen molar-refractivity contribution < 1.29 is 14.4 Å². The zero-order valence-electron chi connectivity index (χ0n) is 18.3. The fourth-order valence-electron chi connectivity index (χ4n) is 5.55. The summed E-state index contributed by atoms with van der Waals surface area (Å²) in [6, 6.07) is 11.7. The molecule has 1 aromatic carbocycles. The summed E-state index contributed by atoms with van der Waals surface area (Å²) in [4.78, 5) is 39.5. The van der Waals surface area contributed by atoms with Crippen LogP contribution in [0.15, 0.2) is 36.4 Å². The van der Waals surface area contributed by atoms with Crippen molar-refractivity contribution in [2.24, 2.45) is 11.8 Å². The number of carbonyl (C=O) groups is 3. The van der Waals surface area contributed by atoms with Gasteiger partial charge in [0.1, 0.15) is 5.82 Å². The lowest BCUT2D eigenvalue weighted by atomic mass is 9.81. The van der Waals surface area contributed by atoms with Crippen LogP contribution < -0.4 is 5.32 Å². The van der Waals surface area contributed by atoms with Crippen LogP contribution >= 0.6 is 0 Å². The third-order valence-corrected chi connectivity index (χ3v) is 7.26. The van der Waals surface area contributed by atoms with E-state index < -0.39 is 0 Å². The summed E-state index contributed by atoms with van der Waals surface area (Å²) in [5.41, 5.74) is 1.90. The van der Waals surface area contributed by atoms with Gasteiger partial charge in [0.15, 0.2) is 0 Å². The maximum Gasteiger partial charge on any atom is 0.233 e. The van der Waals surface area contributed by atoms with Gasteiger partial charge in [0, 0.05) is 24.9 Å². The second-order valence-electron chi connectivity index (χ2n) is 9.31. The topological polar surface area (TPSA) is 84.3 Å². The third kappa shape index (κ3) is 3.96. The summed E-state index contributed by atoms with van der Waals surface area (Å²) >= 11 is 0. The molecule has 2 unspecified atom stereocenters. The van der Waals surface area contributed by atoms with Crippen molar-refractivity contribution in [2.45, 2.75) is 63.7 Å². The molecule has 7 nitrogen and oxygen atoms in total. The molecule has 5 rings (SSSR count). The number of carbonyl (C=O) groups excluding carboxylic acids is 3. The number of hydrogen-bond donors (Lipinski definition) is 1. The van der Waals surface area contributed by atoms with E-state index in [1.165, 1.54) is 17.7 Å². The van der Waals surface area contributed by atoms with E-state index in [1.807, 2.05) is 36.4 Å². The highest BCUT2D eigenvalue weighted by Crippen LogP contribution is 2.38. The highest BCUT2D eigenvalue weighted by atomic mass is 16.2. The first kappa shape index (κ1) is 20.9. The number of imide groups is 1. The van der Waals surface area contributed by atoms with Crippen molar-refractivity contribution in [2.75, 3.05) is 11.9 Å². The van der Waals surface area contributed by atoms with Gasteiger partial charge in [-0.05, 0) is 37.8 Å². The lowest BCUT2D eigenvalue weighted by Gasteiger charge is -2.19. The number of hydrogen-bond acceptors (Lipinski definition) is 4. The SMILES string of the molecule is O=C(CCN1C(=O)C2CCCCC2C1=O)Nc1cc(C2CCCC2)nn1-c1ccccc1. The molecule has 3 amide bonds. The van der Waals surface area contributed by atoms with Crippen LogP contribution in [-0.4, -0.2) is 38.9 Å². The monoisotopic (exact) mass is 434 g/mol. The van der Waals surface area contributed by atoms with Crippen molar-refractivity contribution >= 4 is 23.5 Å². The number of fused-ring (bicyclic) bond motifs is 1. The highest BCUT2D eigenvalue weighted by Gasteiger charge is 2.47. The number of likely N-dealkylation sites (tertiary alicyclic amines) is 1. The van der Waals surface area contributed by atoms with Gasteiger partial charge in [0.05, 0.1) is 23.2 Å². The third-order valence-electron chi connectivity index (χ3n) is 7.26. The molecule has 2 aromatic rings. The van der Waals surface area contributed by atoms with Crippen LogP contribution in [0.4, 0.5) is 5.82 Å². The quantitative estimate of drug-likeness (QED) is 0.696. The minimum atomic E-state index is -0.212. The summed E-state index contributed by atoms with van der Waals surface area (Å²) in [5, 5.41) is 7.79. The maximum absolute atomic E-state index is 12.8. The molecular formula is C25H30N4O3. The molecule has 0 bridgehead atoms.